The van der Waals surface area contributed by atoms with Gasteiger partial charge in [-0.15, -0.1) is 0 Å². The number of carbonyl (C=O) groups excluding carboxylic acids is 2. The summed E-state index contributed by atoms with van der Waals surface area (Å²) in [5, 5.41) is 17.0. The second-order valence-electron chi connectivity index (χ2n) is 11.2. The molecule has 0 fully saturated rings. The third-order valence-corrected chi connectivity index (χ3v) is 8.08. The molecular weight excluding hydrogens is 512 g/mol. The largest absolute Gasteiger partial charge is 0.478 e. The Bertz CT molecular complexity index is 1220. The molecule has 0 saturated heterocycles. The van der Waals surface area contributed by atoms with Crippen LogP contribution in [0, 0.1) is 5.41 Å². The zero-order valence-corrected chi connectivity index (χ0v) is 22.9. The summed E-state index contributed by atoms with van der Waals surface area (Å²) in [5.41, 5.74) is 4.26. The van der Waals surface area contributed by atoms with E-state index in [1.54, 1.807) is 0 Å². The molecule has 40 heavy (non-hydrogen) atoms. The van der Waals surface area contributed by atoms with E-state index in [1.807, 2.05) is 6.07 Å². The van der Waals surface area contributed by atoms with Gasteiger partial charge in [0.15, 0.2) is 0 Å². The van der Waals surface area contributed by atoms with Gasteiger partial charge < -0.3 is 19.7 Å². The van der Waals surface area contributed by atoms with E-state index >= 15 is 0 Å². The van der Waals surface area contributed by atoms with Crippen molar-refractivity contribution < 1.29 is 38.9 Å². The minimum atomic E-state index is -1.13. The number of aromatic carboxylic acids is 2. The fourth-order valence-electron chi connectivity index (χ4n) is 5.89. The van der Waals surface area contributed by atoms with Gasteiger partial charge in [-0.3, -0.25) is 4.79 Å². The second-order valence-corrected chi connectivity index (χ2v) is 11.2. The third kappa shape index (κ3) is 7.49. The van der Waals surface area contributed by atoms with Crippen molar-refractivity contribution in [3.63, 3.8) is 0 Å². The predicted molar refractivity (Wildman–Crippen MR) is 148 cm³/mol. The molecule has 0 spiro atoms. The standard InChI is InChI=1S/C24H32O4.C8H6O4/c25-22-11-9-7-5-3-1-2-4-6-8-10-19-20-13-12-18-14-24(16-27-22,15-21(18)19)17-28-23(20)26;9-7(10)5-2-1-3-6(4-5)8(11)12/h12-13H,1-11,14-17H2;1-4H,(H,9,10)(H,11,12). The smallest absolute Gasteiger partial charge is 0.338 e. The van der Waals surface area contributed by atoms with Crippen LogP contribution in [0.3, 0.4) is 0 Å². The number of esters is 2. The molecule has 1 atom stereocenters. The van der Waals surface area contributed by atoms with E-state index in [2.05, 4.69) is 6.07 Å². The first-order chi connectivity index (χ1) is 19.3. The molecule has 214 valence electrons. The lowest BCUT2D eigenvalue weighted by Crippen LogP contribution is -2.36. The van der Waals surface area contributed by atoms with Gasteiger partial charge in [0.2, 0.25) is 0 Å². The number of carbonyl (C=O) groups is 4. The van der Waals surface area contributed by atoms with E-state index in [-0.39, 0.29) is 28.5 Å². The molecule has 1 unspecified atom stereocenters. The van der Waals surface area contributed by atoms with Crippen LogP contribution in [0.1, 0.15) is 112 Å². The van der Waals surface area contributed by atoms with Crippen molar-refractivity contribution in [2.45, 2.75) is 83.5 Å². The van der Waals surface area contributed by atoms with Crippen LogP contribution in [0.4, 0.5) is 0 Å². The van der Waals surface area contributed by atoms with E-state index in [1.165, 1.54) is 73.4 Å². The predicted octanol–water partition coefficient (Wildman–Crippen LogP) is 6.03. The van der Waals surface area contributed by atoms with Gasteiger partial charge >= 0.3 is 23.9 Å². The summed E-state index contributed by atoms with van der Waals surface area (Å²) < 4.78 is 11.4. The first-order valence-corrected chi connectivity index (χ1v) is 14.3. The fraction of sp³-hybridized carbons (Fsp3) is 0.500. The molecule has 5 rings (SSSR count). The molecular formula is C32H38O8. The lowest BCUT2D eigenvalue weighted by atomic mass is 9.85. The van der Waals surface area contributed by atoms with Crippen molar-refractivity contribution in [1.82, 2.24) is 0 Å². The van der Waals surface area contributed by atoms with Crippen LogP contribution in [-0.4, -0.2) is 47.3 Å². The SMILES string of the molecule is O=C(O)c1cccc(C(=O)O)c1.O=C1CCCCCCCCCCCc2c3ccc4c2CC(CO1)(COC3=O)C4. The first-order valence-electron chi connectivity index (χ1n) is 14.3. The topological polar surface area (TPSA) is 127 Å². The van der Waals surface area contributed by atoms with Gasteiger partial charge in [-0.2, -0.15) is 0 Å². The zero-order chi connectivity index (χ0) is 28.5. The van der Waals surface area contributed by atoms with Crippen LogP contribution in [0.25, 0.3) is 0 Å². The highest BCUT2D eigenvalue weighted by Gasteiger charge is 2.43. The Morgan fingerprint density at radius 2 is 1.25 bits per heavy atom. The molecule has 2 heterocycles. The quantitative estimate of drug-likeness (QED) is 0.434. The molecule has 0 radical (unpaired) electrons. The Morgan fingerprint density at radius 3 is 1.88 bits per heavy atom. The van der Waals surface area contributed by atoms with Gasteiger partial charge in [-0.25, -0.2) is 14.4 Å². The van der Waals surface area contributed by atoms with Crippen molar-refractivity contribution in [3.8, 4) is 0 Å². The number of hydrogen-bond acceptors (Lipinski definition) is 6. The van der Waals surface area contributed by atoms with E-state index in [9.17, 15) is 19.2 Å². The summed E-state index contributed by atoms with van der Waals surface area (Å²) in [5.74, 6) is -2.58. The summed E-state index contributed by atoms with van der Waals surface area (Å²) in [6.07, 6.45) is 13.8. The molecule has 4 bridgehead atoms. The summed E-state index contributed by atoms with van der Waals surface area (Å²) in [4.78, 5) is 45.7. The molecule has 0 aromatic heterocycles. The average molecular weight is 551 g/mol. The number of carboxylic acids is 2. The number of carboxylic acid groups (broad SMARTS) is 2. The summed E-state index contributed by atoms with van der Waals surface area (Å²) in [6.45, 7) is 0.688. The third-order valence-electron chi connectivity index (χ3n) is 8.08. The van der Waals surface area contributed by atoms with Crippen LogP contribution in [0.5, 0.6) is 0 Å². The van der Waals surface area contributed by atoms with Crippen LogP contribution in [0.2, 0.25) is 0 Å². The highest BCUT2D eigenvalue weighted by atomic mass is 16.5. The maximum absolute atomic E-state index is 12.7. The van der Waals surface area contributed by atoms with Crippen LogP contribution in [-0.2, 0) is 33.5 Å². The molecule has 2 N–H and O–H groups in total. The Kier molecular flexibility index (Phi) is 9.96. The van der Waals surface area contributed by atoms with Crippen molar-refractivity contribution in [2.24, 2.45) is 5.41 Å². The monoisotopic (exact) mass is 550 g/mol. The average Bonchev–Trinajstić information content (AvgIpc) is 3.35. The molecule has 8 nitrogen and oxygen atoms in total. The molecule has 2 aromatic carbocycles. The van der Waals surface area contributed by atoms with Gasteiger partial charge in [0, 0.05) is 11.8 Å². The normalized spacial score (nSPS) is 21.5. The van der Waals surface area contributed by atoms with E-state index < -0.39 is 11.9 Å². The number of rotatable bonds is 2. The number of benzene rings is 2. The van der Waals surface area contributed by atoms with Gasteiger partial charge in [-0.1, -0.05) is 57.1 Å². The van der Waals surface area contributed by atoms with Gasteiger partial charge in [0.25, 0.3) is 0 Å². The van der Waals surface area contributed by atoms with E-state index in [4.69, 9.17) is 19.7 Å². The van der Waals surface area contributed by atoms with Crippen LogP contribution < -0.4 is 0 Å². The number of cyclic esters (lactones) is 2. The van der Waals surface area contributed by atoms with Crippen LogP contribution in [0.15, 0.2) is 36.4 Å². The maximum Gasteiger partial charge on any atom is 0.338 e. The molecule has 0 amide bonds. The van der Waals surface area contributed by atoms with Gasteiger partial charge in [-0.05, 0) is 73.1 Å². The first kappa shape index (κ1) is 29.3. The minimum Gasteiger partial charge on any atom is -0.478 e. The number of hydrogen-bond donors (Lipinski definition) is 2. The van der Waals surface area contributed by atoms with Gasteiger partial charge in [0.05, 0.1) is 16.7 Å². The highest BCUT2D eigenvalue weighted by molar-refractivity contribution is 5.93. The molecule has 8 heteroatoms. The van der Waals surface area contributed by atoms with Crippen molar-refractivity contribution >= 4 is 23.9 Å². The number of ether oxygens (including phenoxy) is 2. The van der Waals surface area contributed by atoms with E-state index in [0.717, 1.165) is 50.2 Å². The Morgan fingerprint density at radius 1 is 0.675 bits per heavy atom. The summed E-state index contributed by atoms with van der Waals surface area (Å²) >= 11 is 0. The highest BCUT2D eigenvalue weighted by Crippen LogP contribution is 2.43. The summed E-state index contributed by atoms with van der Waals surface area (Å²) in [6, 6.07) is 9.24. The van der Waals surface area contributed by atoms with Crippen molar-refractivity contribution in [2.75, 3.05) is 13.2 Å². The van der Waals surface area contributed by atoms with Gasteiger partial charge in [0.1, 0.15) is 13.2 Å². The van der Waals surface area contributed by atoms with Crippen molar-refractivity contribution in [3.05, 3.63) is 69.8 Å². The second kappa shape index (κ2) is 13.6. The van der Waals surface area contributed by atoms with Crippen molar-refractivity contribution in [1.29, 1.82) is 0 Å². The Labute approximate surface area is 234 Å². The van der Waals surface area contributed by atoms with Crippen LogP contribution >= 0.6 is 0 Å². The van der Waals surface area contributed by atoms with E-state index in [0.29, 0.717) is 19.6 Å². The molecule has 2 aliphatic heterocycles. The lowest BCUT2D eigenvalue weighted by molar-refractivity contribution is -0.148. The molecule has 0 saturated carbocycles. The maximum atomic E-state index is 12.7. The Hall–Kier alpha value is -3.68. The summed E-state index contributed by atoms with van der Waals surface area (Å²) in [7, 11) is 0. The molecule has 1 aliphatic carbocycles. The lowest BCUT2D eigenvalue weighted by Gasteiger charge is -2.29. The molecule has 2 aromatic rings. The Balaban J connectivity index is 0.000000259. The minimum absolute atomic E-state index is 0.0186. The molecule has 3 aliphatic rings. The zero-order valence-electron chi connectivity index (χ0n) is 22.9. The fourth-order valence-corrected chi connectivity index (χ4v) is 5.89.